The highest BCUT2D eigenvalue weighted by molar-refractivity contribution is 6.00. The Bertz CT molecular complexity index is 3330. The maximum Gasteiger partial charge on any atom is 0.246 e. The van der Waals surface area contributed by atoms with E-state index >= 15 is 9.59 Å². The quantitative estimate of drug-likeness (QED) is 0.0257. The lowest BCUT2D eigenvalue weighted by atomic mass is 9.99. The van der Waals surface area contributed by atoms with E-state index in [0.717, 1.165) is 12.1 Å². The van der Waals surface area contributed by atoms with Crippen LogP contribution in [0, 0.1) is 11.7 Å². The van der Waals surface area contributed by atoms with Crippen molar-refractivity contribution < 1.29 is 67.3 Å². The highest BCUT2D eigenvalue weighted by Gasteiger charge is 2.42. The zero-order chi connectivity index (χ0) is 69.8. The predicted octanol–water partition coefficient (Wildman–Crippen LogP) is -1.47. The van der Waals surface area contributed by atoms with Crippen LogP contribution in [0.1, 0.15) is 94.4 Å². The topological polar surface area (TPSA) is 442 Å². The van der Waals surface area contributed by atoms with Gasteiger partial charge < -0.3 is 85.5 Å². The Labute approximate surface area is 556 Å². The molecule has 28 nitrogen and oxygen atoms in total. The molecule has 10 atom stereocenters. The Hall–Kier alpha value is -10.0. The number of aliphatic hydroxyl groups excluding tert-OH is 1. The average molecular weight is 1330 g/mol. The molecule has 518 valence electrons. The maximum absolute atomic E-state index is 15.2. The molecule has 2 aliphatic heterocycles. The van der Waals surface area contributed by atoms with Gasteiger partial charge in [0.05, 0.1) is 13.0 Å². The number of aliphatic imine (C=N–C) groups is 1. The fraction of sp³-hybridized carbons (Fsp3) is 0.463. The molecule has 96 heavy (non-hydrogen) atoms. The maximum atomic E-state index is 15.2. The van der Waals surface area contributed by atoms with E-state index in [1.807, 2.05) is 0 Å². The van der Waals surface area contributed by atoms with Gasteiger partial charge in [-0.1, -0.05) is 106 Å². The van der Waals surface area contributed by atoms with Gasteiger partial charge in [-0.2, -0.15) is 0 Å². The van der Waals surface area contributed by atoms with Crippen LogP contribution in [0.3, 0.4) is 0 Å². The van der Waals surface area contributed by atoms with Crippen LogP contribution in [0.15, 0.2) is 114 Å². The molecule has 0 aromatic heterocycles. The summed E-state index contributed by atoms with van der Waals surface area (Å²) in [6.07, 6.45) is -0.801. The number of phenols is 1. The molecule has 0 saturated carbocycles. The molecule has 2 saturated heterocycles. The first-order valence-electron chi connectivity index (χ1n) is 32.2. The zero-order valence-corrected chi connectivity index (χ0v) is 54.2. The molecular formula is C67H90FN15O13. The van der Waals surface area contributed by atoms with Crippen LogP contribution in [0.25, 0.3) is 0 Å². The molecule has 4 aromatic carbocycles. The van der Waals surface area contributed by atoms with E-state index in [2.05, 4.69) is 58.2 Å². The number of amides is 11. The second kappa shape index (κ2) is 37.8. The fourth-order valence-electron chi connectivity index (χ4n) is 11.0. The number of nitrogens with zero attached hydrogens (tertiary/aromatic N) is 2. The Balaban J connectivity index is 1.47. The van der Waals surface area contributed by atoms with Gasteiger partial charge in [-0.15, -0.1) is 0 Å². The summed E-state index contributed by atoms with van der Waals surface area (Å²) in [5.74, 6) is -11.8. The summed E-state index contributed by atoms with van der Waals surface area (Å²) in [7, 11) is 0. The van der Waals surface area contributed by atoms with E-state index < -0.39 is 150 Å². The van der Waals surface area contributed by atoms with Crippen LogP contribution in [0.2, 0.25) is 0 Å². The number of guanidine groups is 1. The van der Waals surface area contributed by atoms with E-state index in [4.69, 9.17) is 17.2 Å². The van der Waals surface area contributed by atoms with Crippen LogP contribution in [-0.4, -0.2) is 179 Å². The summed E-state index contributed by atoms with van der Waals surface area (Å²) >= 11 is 0. The number of halogens is 1. The number of benzene rings is 4. The first kappa shape index (κ1) is 75.0. The minimum Gasteiger partial charge on any atom is -0.508 e. The van der Waals surface area contributed by atoms with E-state index in [9.17, 15) is 57.8 Å². The van der Waals surface area contributed by atoms with Crippen LogP contribution >= 0.6 is 0 Å². The molecule has 0 aliphatic carbocycles. The minimum absolute atomic E-state index is 0.0236. The van der Waals surface area contributed by atoms with Gasteiger partial charge in [0.15, 0.2) is 5.96 Å². The molecule has 2 heterocycles. The number of carbonyl (C=O) groups excluding carboxylic acids is 11. The van der Waals surface area contributed by atoms with Crippen molar-refractivity contribution in [1.29, 1.82) is 0 Å². The van der Waals surface area contributed by atoms with Crippen LogP contribution in [0.4, 0.5) is 4.39 Å². The van der Waals surface area contributed by atoms with E-state index in [1.165, 1.54) is 41.3 Å². The largest absolute Gasteiger partial charge is 0.508 e. The van der Waals surface area contributed by atoms with E-state index in [0.29, 0.717) is 35.1 Å². The van der Waals surface area contributed by atoms with Gasteiger partial charge in [0.2, 0.25) is 65.0 Å². The zero-order valence-electron chi connectivity index (χ0n) is 54.2. The van der Waals surface area contributed by atoms with Gasteiger partial charge in [-0.05, 0) is 104 Å². The number of rotatable bonds is 21. The molecule has 18 N–H and O–H groups in total. The smallest absolute Gasteiger partial charge is 0.246 e. The van der Waals surface area contributed by atoms with Gasteiger partial charge in [-0.25, -0.2) is 4.39 Å². The molecule has 4 aromatic rings. The third kappa shape index (κ3) is 23.5. The van der Waals surface area contributed by atoms with Crippen LogP contribution in [0.5, 0.6) is 5.75 Å². The lowest BCUT2D eigenvalue weighted by molar-refractivity contribution is -0.142. The predicted molar refractivity (Wildman–Crippen MR) is 352 cm³/mol. The average Bonchev–Trinajstić information content (AvgIpc) is 1.51. The molecular weight excluding hydrogens is 1240 g/mol. The summed E-state index contributed by atoms with van der Waals surface area (Å²) in [4.78, 5) is 166. The van der Waals surface area contributed by atoms with Gasteiger partial charge in [0.1, 0.15) is 72.0 Å². The Morgan fingerprint density at radius 3 is 1.51 bits per heavy atom. The molecule has 0 spiro atoms. The number of aromatic hydroxyl groups is 1. The highest BCUT2D eigenvalue weighted by Crippen LogP contribution is 2.22. The standard InChI is InChI=1S/C67H90FN15O13/c1-4-30-72-55(86)37-51-61(91)81-53(38-84)63(93)77-50(35-43-23-27-45(85)28-24-43)62(92)82-56(39(2)3)65(95)75-46(18-11-29-69)57(87)76-48(34-42-21-25-44(68)26-22-42)60(90)80-52(36-41-16-9-6-10-17-41)66(96)83-32-13-20-54(83)64(94)79-49(33-40-14-7-5-8-15-40)59(89)74-47(58(88)78-51)19-12-31-73-67(70)71/h5-10,14-17,21-28,39,46-54,56,84-85H,4,11-13,18-20,29-38,69H2,1-3H3,(H,72,86)(H,74,89)(H,75,95)(H,76,87)(H,77,93)(H,78,88)(H,79,94)(H,80,90)(H,81,91)(H,82,92)(H4,70,71,73)/t46-,47+,48-,49+,50-,51-,52+,53-,54-,56-/m0/s1. The number of fused-ring (bicyclic) bond motifs is 1. The molecule has 29 heteroatoms. The Kier molecular flexibility index (Phi) is 29.5. The third-order valence-electron chi connectivity index (χ3n) is 16.2. The first-order valence-corrected chi connectivity index (χ1v) is 32.2. The molecule has 6 rings (SSSR count). The summed E-state index contributed by atoms with van der Waals surface area (Å²) < 4.78 is 14.4. The summed E-state index contributed by atoms with van der Waals surface area (Å²) in [5, 5.41) is 47.3. The third-order valence-corrected chi connectivity index (χ3v) is 16.2. The fourth-order valence-corrected chi connectivity index (χ4v) is 11.0. The van der Waals surface area contributed by atoms with Crippen molar-refractivity contribution in [3.63, 3.8) is 0 Å². The lowest BCUT2D eigenvalue weighted by Gasteiger charge is -2.31. The highest BCUT2D eigenvalue weighted by atomic mass is 19.1. The SMILES string of the molecule is CCCNC(=O)C[C@@H]1NC(=O)[C@@H](CCCN=C(N)N)NC(=O)[C@@H](Cc2ccccc2)NC(=O)[C@@H]2CCCN2C(=O)[C@@H](Cc2ccccc2)NC(=O)[C@H](Cc2ccc(F)cc2)NC(=O)[C@H](CCCN)NC(=O)[C@H](C(C)C)NC(=O)[C@H](Cc2ccc(O)cc2)NC(=O)[C@H](CO)NC1=O. The minimum atomic E-state index is -1.88. The molecule has 2 aliphatic rings. The van der Waals surface area contributed by atoms with Crippen molar-refractivity contribution in [3.05, 3.63) is 137 Å². The van der Waals surface area contributed by atoms with Gasteiger partial charge in [0, 0.05) is 45.3 Å². The number of phenolic OH excluding ortho intramolecular Hbond substituents is 1. The Morgan fingerprint density at radius 2 is 0.990 bits per heavy atom. The lowest BCUT2D eigenvalue weighted by Crippen LogP contribution is -2.62. The summed E-state index contributed by atoms with van der Waals surface area (Å²) in [5.41, 5.74) is 19.1. The number of nitrogens with two attached hydrogens (primary N) is 3. The number of hydrogen-bond donors (Lipinski definition) is 15. The van der Waals surface area contributed by atoms with Crippen molar-refractivity contribution in [2.75, 3.05) is 32.8 Å². The number of carbonyl (C=O) groups is 11. The van der Waals surface area contributed by atoms with Crippen molar-refractivity contribution in [1.82, 2.24) is 58.1 Å². The number of nitrogens with one attached hydrogen (secondary N) is 10. The second-order valence-electron chi connectivity index (χ2n) is 24.1. The Morgan fingerprint density at radius 1 is 0.562 bits per heavy atom. The van der Waals surface area contributed by atoms with E-state index in [-0.39, 0.29) is 95.7 Å². The number of hydrogen-bond acceptors (Lipinski definition) is 15. The second-order valence-corrected chi connectivity index (χ2v) is 24.1. The van der Waals surface area contributed by atoms with Gasteiger partial charge in [-0.3, -0.25) is 57.7 Å². The molecule has 2 fully saturated rings. The van der Waals surface area contributed by atoms with Crippen molar-refractivity contribution in [3.8, 4) is 5.75 Å². The van der Waals surface area contributed by atoms with Crippen molar-refractivity contribution >= 4 is 70.9 Å². The van der Waals surface area contributed by atoms with Crippen molar-refractivity contribution in [2.24, 2.45) is 28.1 Å². The monoisotopic (exact) mass is 1330 g/mol. The number of aliphatic hydroxyl groups is 1. The van der Waals surface area contributed by atoms with Crippen LogP contribution in [-0.2, 0) is 78.4 Å². The first-order chi connectivity index (χ1) is 46.0. The van der Waals surface area contributed by atoms with Gasteiger partial charge in [0.25, 0.3) is 0 Å². The van der Waals surface area contributed by atoms with Crippen LogP contribution < -0.4 is 70.4 Å². The molecule has 0 bridgehead atoms. The molecule has 0 unspecified atom stereocenters. The normalized spacial score (nSPS) is 23.3. The summed E-state index contributed by atoms with van der Waals surface area (Å²) in [6, 6.07) is 12.5. The van der Waals surface area contributed by atoms with Gasteiger partial charge >= 0.3 is 0 Å². The van der Waals surface area contributed by atoms with E-state index in [1.54, 1.807) is 81.4 Å². The summed E-state index contributed by atoms with van der Waals surface area (Å²) in [6.45, 7) is 4.03. The van der Waals surface area contributed by atoms with Crippen molar-refractivity contribution in [2.45, 2.75) is 158 Å². The molecule has 11 amide bonds. The molecule has 0 radical (unpaired) electrons.